The maximum absolute atomic E-state index is 8.79. The first-order chi connectivity index (χ1) is 7.70. The lowest BCUT2D eigenvalue weighted by Crippen LogP contribution is -1.89. The fourth-order valence-corrected chi connectivity index (χ4v) is 1.51. The third-order valence-corrected chi connectivity index (χ3v) is 2.63. The summed E-state index contributed by atoms with van der Waals surface area (Å²) in [5.41, 5.74) is 1.79. The fraction of sp³-hybridized carbons (Fsp3) is 0.167. The molecule has 1 aromatic heterocycles. The van der Waals surface area contributed by atoms with E-state index in [9.17, 15) is 0 Å². The van der Waals surface area contributed by atoms with Crippen LogP contribution in [0.2, 0.25) is 5.02 Å². The van der Waals surface area contributed by atoms with Crippen LogP contribution in [0.4, 0.5) is 0 Å². The first-order valence-corrected chi connectivity index (χ1v) is 5.29. The summed E-state index contributed by atoms with van der Waals surface area (Å²) >= 11 is 5.80. The van der Waals surface area contributed by atoms with Gasteiger partial charge in [0.15, 0.2) is 0 Å². The van der Waals surface area contributed by atoms with Gasteiger partial charge in [-0.05, 0) is 31.2 Å². The predicted molar refractivity (Wildman–Crippen MR) is 63.1 cm³/mol. The SMILES string of the molecule is CC(C#N)c1cnc(-c2ccc(Cl)cc2)[nH]1. The summed E-state index contributed by atoms with van der Waals surface area (Å²) in [6.07, 6.45) is 1.69. The highest BCUT2D eigenvalue weighted by atomic mass is 35.5. The Bertz CT molecular complexity index is 522. The van der Waals surface area contributed by atoms with Gasteiger partial charge in [-0.3, -0.25) is 0 Å². The lowest BCUT2D eigenvalue weighted by atomic mass is 10.1. The summed E-state index contributed by atoms with van der Waals surface area (Å²) in [4.78, 5) is 7.36. The number of imidazole rings is 1. The molecule has 0 saturated carbocycles. The molecule has 16 heavy (non-hydrogen) atoms. The van der Waals surface area contributed by atoms with Crippen molar-refractivity contribution in [3.63, 3.8) is 0 Å². The van der Waals surface area contributed by atoms with Gasteiger partial charge in [0.2, 0.25) is 0 Å². The molecule has 1 N–H and O–H groups in total. The van der Waals surface area contributed by atoms with Crippen molar-refractivity contribution in [2.24, 2.45) is 0 Å². The highest BCUT2D eigenvalue weighted by molar-refractivity contribution is 6.30. The molecule has 0 aliphatic carbocycles. The number of aromatic amines is 1. The molecule has 0 bridgehead atoms. The molecule has 0 aliphatic rings. The normalized spacial score (nSPS) is 12.1. The van der Waals surface area contributed by atoms with Gasteiger partial charge in [0.25, 0.3) is 0 Å². The molecule has 1 atom stereocenters. The van der Waals surface area contributed by atoms with E-state index in [2.05, 4.69) is 16.0 Å². The van der Waals surface area contributed by atoms with Crippen LogP contribution in [-0.2, 0) is 0 Å². The predicted octanol–water partition coefficient (Wildman–Crippen LogP) is 3.36. The summed E-state index contributed by atoms with van der Waals surface area (Å²) in [6, 6.07) is 9.57. The topological polar surface area (TPSA) is 52.5 Å². The quantitative estimate of drug-likeness (QED) is 0.862. The van der Waals surface area contributed by atoms with Gasteiger partial charge in [0.05, 0.1) is 17.7 Å². The molecule has 0 radical (unpaired) electrons. The van der Waals surface area contributed by atoms with Crippen LogP contribution in [-0.4, -0.2) is 9.97 Å². The highest BCUT2D eigenvalue weighted by Crippen LogP contribution is 2.20. The van der Waals surface area contributed by atoms with Crippen LogP contribution >= 0.6 is 11.6 Å². The van der Waals surface area contributed by atoms with E-state index in [0.29, 0.717) is 5.02 Å². The zero-order valence-corrected chi connectivity index (χ0v) is 9.49. The average molecular weight is 232 g/mol. The van der Waals surface area contributed by atoms with Crippen molar-refractivity contribution in [2.75, 3.05) is 0 Å². The first-order valence-electron chi connectivity index (χ1n) is 4.91. The van der Waals surface area contributed by atoms with Crippen molar-refractivity contribution >= 4 is 11.6 Å². The van der Waals surface area contributed by atoms with Crippen LogP contribution in [0, 0.1) is 11.3 Å². The second-order valence-electron chi connectivity index (χ2n) is 3.54. The number of halogens is 1. The van der Waals surface area contributed by atoms with Crippen LogP contribution in [0.25, 0.3) is 11.4 Å². The maximum Gasteiger partial charge on any atom is 0.137 e. The molecular formula is C12H10ClN3. The van der Waals surface area contributed by atoms with Crippen molar-refractivity contribution < 1.29 is 0 Å². The molecule has 2 aromatic rings. The summed E-state index contributed by atoms with van der Waals surface area (Å²) in [5, 5.41) is 9.48. The number of benzene rings is 1. The van der Waals surface area contributed by atoms with E-state index < -0.39 is 0 Å². The Morgan fingerprint density at radius 1 is 1.38 bits per heavy atom. The van der Waals surface area contributed by atoms with Crippen LogP contribution in [0.3, 0.4) is 0 Å². The Hall–Kier alpha value is -1.79. The average Bonchev–Trinajstić information content (AvgIpc) is 2.78. The zero-order chi connectivity index (χ0) is 11.5. The van der Waals surface area contributed by atoms with E-state index in [1.54, 1.807) is 6.20 Å². The van der Waals surface area contributed by atoms with Crippen LogP contribution in [0.1, 0.15) is 18.5 Å². The Kier molecular flexibility index (Phi) is 2.93. The molecule has 0 spiro atoms. The smallest absolute Gasteiger partial charge is 0.137 e. The summed E-state index contributed by atoms with van der Waals surface area (Å²) < 4.78 is 0. The number of hydrogen-bond acceptors (Lipinski definition) is 2. The van der Waals surface area contributed by atoms with Crippen molar-refractivity contribution in [2.45, 2.75) is 12.8 Å². The van der Waals surface area contributed by atoms with Crippen molar-refractivity contribution in [1.82, 2.24) is 9.97 Å². The van der Waals surface area contributed by atoms with E-state index in [1.807, 2.05) is 31.2 Å². The summed E-state index contributed by atoms with van der Waals surface area (Å²) in [5.74, 6) is 0.585. The molecule has 0 saturated heterocycles. The number of nitrogens with zero attached hydrogens (tertiary/aromatic N) is 2. The van der Waals surface area contributed by atoms with Gasteiger partial charge in [-0.2, -0.15) is 5.26 Å². The maximum atomic E-state index is 8.79. The lowest BCUT2D eigenvalue weighted by Gasteiger charge is -1.98. The van der Waals surface area contributed by atoms with Gasteiger partial charge in [-0.1, -0.05) is 11.6 Å². The minimum absolute atomic E-state index is 0.173. The van der Waals surface area contributed by atoms with Gasteiger partial charge in [-0.25, -0.2) is 4.98 Å². The molecule has 80 valence electrons. The third-order valence-electron chi connectivity index (χ3n) is 2.37. The molecule has 1 unspecified atom stereocenters. The second-order valence-corrected chi connectivity index (χ2v) is 3.98. The minimum Gasteiger partial charge on any atom is -0.341 e. The van der Waals surface area contributed by atoms with E-state index in [1.165, 1.54) is 0 Å². The lowest BCUT2D eigenvalue weighted by molar-refractivity contribution is 0.936. The first kappa shape index (κ1) is 10.7. The monoisotopic (exact) mass is 231 g/mol. The largest absolute Gasteiger partial charge is 0.341 e. The van der Waals surface area contributed by atoms with E-state index in [0.717, 1.165) is 17.1 Å². The van der Waals surface area contributed by atoms with Gasteiger partial charge in [-0.15, -0.1) is 0 Å². The standard InChI is InChI=1S/C12H10ClN3/c1-8(6-14)11-7-15-12(16-11)9-2-4-10(13)5-3-9/h2-5,7-8H,1H3,(H,15,16). The van der Waals surface area contributed by atoms with Gasteiger partial charge in [0.1, 0.15) is 5.82 Å². The third kappa shape index (κ3) is 2.07. The molecule has 2 rings (SSSR count). The van der Waals surface area contributed by atoms with E-state index in [-0.39, 0.29) is 5.92 Å². The minimum atomic E-state index is -0.173. The van der Waals surface area contributed by atoms with Gasteiger partial charge >= 0.3 is 0 Å². The molecule has 3 nitrogen and oxygen atoms in total. The zero-order valence-electron chi connectivity index (χ0n) is 8.74. The molecule has 1 heterocycles. The van der Waals surface area contributed by atoms with Crippen LogP contribution in [0.5, 0.6) is 0 Å². The second kappa shape index (κ2) is 4.38. The van der Waals surface area contributed by atoms with Gasteiger partial charge < -0.3 is 4.98 Å². The molecule has 0 aliphatic heterocycles. The number of aromatic nitrogens is 2. The molecule has 0 amide bonds. The Morgan fingerprint density at radius 3 is 2.69 bits per heavy atom. The highest BCUT2D eigenvalue weighted by Gasteiger charge is 2.08. The number of nitriles is 1. The molecular weight excluding hydrogens is 222 g/mol. The number of rotatable bonds is 2. The van der Waals surface area contributed by atoms with Crippen molar-refractivity contribution in [1.29, 1.82) is 5.26 Å². The van der Waals surface area contributed by atoms with Gasteiger partial charge in [0, 0.05) is 16.8 Å². The van der Waals surface area contributed by atoms with Crippen molar-refractivity contribution in [3.8, 4) is 17.5 Å². The Labute approximate surface area is 98.7 Å². The Balaban J connectivity index is 2.32. The Morgan fingerprint density at radius 2 is 2.06 bits per heavy atom. The fourth-order valence-electron chi connectivity index (χ4n) is 1.38. The number of hydrogen-bond donors (Lipinski definition) is 1. The molecule has 1 aromatic carbocycles. The van der Waals surface area contributed by atoms with E-state index in [4.69, 9.17) is 16.9 Å². The van der Waals surface area contributed by atoms with Crippen LogP contribution < -0.4 is 0 Å². The number of H-pyrrole nitrogens is 1. The van der Waals surface area contributed by atoms with E-state index >= 15 is 0 Å². The summed E-state index contributed by atoms with van der Waals surface area (Å²) in [7, 11) is 0. The van der Waals surface area contributed by atoms with Crippen molar-refractivity contribution in [3.05, 3.63) is 41.2 Å². The number of nitrogens with one attached hydrogen (secondary N) is 1. The molecule has 4 heteroatoms. The molecule has 0 fully saturated rings. The van der Waals surface area contributed by atoms with Crippen LogP contribution in [0.15, 0.2) is 30.5 Å². The summed E-state index contributed by atoms with van der Waals surface area (Å²) in [6.45, 7) is 1.83.